The van der Waals surface area contributed by atoms with Crippen molar-refractivity contribution in [3.63, 3.8) is 0 Å². The Kier molecular flexibility index (Phi) is 7.58. The van der Waals surface area contributed by atoms with Crippen LogP contribution in [0.1, 0.15) is 36.2 Å². The van der Waals surface area contributed by atoms with Crippen molar-refractivity contribution in [2.75, 3.05) is 26.7 Å². The Morgan fingerprint density at radius 1 is 1.23 bits per heavy atom. The molecule has 1 atom stereocenters. The average Bonchev–Trinajstić information content (AvgIpc) is 3.39. The zero-order valence-corrected chi connectivity index (χ0v) is 20.2. The monoisotopic (exact) mass is 519 g/mol. The number of hydrogen-bond donors (Lipinski definition) is 1. The van der Waals surface area contributed by atoms with E-state index in [0.29, 0.717) is 12.5 Å². The number of imidazole rings is 1. The number of nitrogens with zero attached hydrogens (tertiary/aromatic N) is 4. The Hall–Kier alpha value is -2.29. The molecule has 1 aliphatic heterocycles. The molecule has 1 aromatic carbocycles. The van der Waals surface area contributed by atoms with E-state index in [9.17, 15) is 0 Å². The molecule has 0 spiro atoms. The second kappa shape index (κ2) is 10.1. The number of likely N-dealkylation sites (tertiary alicyclic amines) is 1. The number of ether oxygens (including phenoxy) is 1. The summed E-state index contributed by atoms with van der Waals surface area (Å²) in [5, 5.41) is 3.45. The summed E-state index contributed by atoms with van der Waals surface area (Å²) < 4.78 is 7.40. The molecule has 30 heavy (non-hydrogen) atoms. The van der Waals surface area contributed by atoms with Crippen LogP contribution in [0.4, 0.5) is 0 Å². The van der Waals surface area contributed by atoms with Crippen LogP contribution in [0.3, 0.4) is 0 Å². The number of aryl methyl sites for hydroxylation is 1. The van der Waals surface area contributed by atoms with Crippen LogP contribution in [0.15, 0.2) is 53.7 Å². The van der Waals surface area contributed by atoms with E-state index in [1.807, 2.05) is 24.3 Å². The van der Waals surface area contributed by atoms with Gasteiger partial charge < -0.3 is 19.4 Å². The number of pyridine rings is 1. The van der Waals surface area contributed by atoms with Gasteiger partial charge in [-0.1, -0.05) is 18.2 Å². The minimum Gasteiger partial charge on any atom is -0.497 e. The van der Waals surface area contributed by atoms with E-state index < -0.39 is 0 Å². The van der Waals surface area contributed by atoms with Crippen LogP contribution < -0.4 is 10.1 Å². The number of rotatable bonds is 5. The number of halogens is 1. The van der Waals surface area contributed by atoms with Crippen molar-refractivity contribution in [3.8, 4) is 5.75 Å². The standard InChI is InChI=1S/C23H29N5O.HI/c1-4-24-23(25-14-20-16-28-17(2)6-5-7-22(28)26-20)27-13-12-19(15-27)18-8-10-21(29-3)11-9-18;/h5-11,16,19H,4,12-15H2,1-3H3,(H,24,25);1H. The van der Waals surface area contributed by atoms with Crippen LogP contribution in [-0.2, 0) is 6.54 Å². The zero-order valence-electron chi connectivity index (χ0n) is 17.8. The van der Waals surface area contributed by atoms with Gasteiger partial charge in [-0.15, -0.1) is 24.0 Å². The van der Waals surface area contributed by atoms with Gasteiger partial charge in [0.15, 0.2) is 5.96 Å². The molecule has 1 saturated heterocycles. The SMILES string of the molecule is CCNC(=NCc1cn2c(C)cccc2n1)N1CCC(c2ccc(OC)cc2)C1.I. The molecule has 1 N–H and O–H groups in total. The van der Waals surface area contributed by atoms with Crippen molar-refractivity contribution in [1.29, 1.82) is 0 Å². The fourth-order valence-corrected chi connectivity index (χ4v) is 3.96. The Balaban J connectivity index is 0.00000256. The maximum Gasteiger partial charge on any atom is 0.194 e. The molecule has 1 fully saturated rings. The average molecular weight is 519 g/mol. The Morgan fingerprint density at radius 2 is 2.03 bits per heavy atom. The number of aromatic nitrogens is 2. The maximum absolute atomic E-state index is 5.28. The highest BCUT2D eigenvalue weighted by molar-refractivity contribution is 14.0. The van der Waals surface area contributed by atoms with Gasteiger partial charge in [-0.2, -0.15) is 0 Å². The second-order valence-electron chi connectivity index (χ2n) is 7.50. The maximum atomic E-state index is 5.28. The Bertz CT molecular complexity index is 999. The molecule has 0 radical (unpaired) electrons. The summed E-state index contributed by atoms with van der Waals surface area (Å²) >= 11 is 0. The molecule has 0 bridgehead atoms. The first-order valence-electron chi connectivity index (χ1n) is 10.3. The van der Waals surface area contributed by atoms with Crippen LogP contribution in [0, 0.1) is 6.92 Å². The van der Waals surface area contributed by atoms with E-state index in [1.54, 1.807) is 7.11 Å². The first-order valence-corrected chi connectivity index (χ1v) is 10.3. The van der Waals surface area contributed by atoms with E-state index in [0.717, 1.165) is 49.1 Å². The molecule has 6 nitrogen and oxygen atoms in total. The topological polar surface area (TPSA) is 54.2 Å². The van der Waals surface area contributed by atoms with Gasteiger partial charge in [0, 0.05) is 37.4 Å². The summed E-state index contributed by atoms with van der Waals surface area (Å²) in [4.78, 5) is 12.0. The molecule has 160 valence electrons. The van der Waals surface area contributed by atoms with Crippen LogP contribution in [-0.4, -0.2) is 47.0 Å². The third-order valence-electron chi connectivity index (χ3n) is 5.55. The zero-order chi connectivity index (χ0) is 20.2. The predicted octanol–water partition coefficient (Wildman–Crippen LogP) is 4.22. The van der Waals surface area contributed by atoms with Gasteiger partial charge in [-0.05, 0) is 50.1 Å². The molecular weight excluding hydrogens is 489 g/mol. The lowest BCUT2D eigenvalue weighted by Gasteiger charge is -2.21. The number of fused-ring (bicyclic) bond motifs is 1. The van der Waals surface area contributed by atoms with Crippen molar-refractivity contribution in [2.45, 2.75) is 32.7 Å². The molecule has 0 amide bonds. The summed E-state index contributed by atoms with van der Waals surface area (Å²) in [7, 11) is 1.70. The molecule has 7 heteroatoms. The minimum atomic E-state index is 0. The van der Waals surface area contributed by atoms with Gasteiger partial charge in [0.2, 0.25) is 0 Å². The summed E-state index contributed by atoms with van der Waals surface area (Å²) in [6, 6.07) is 14.6. The highest BCUT2D eigenvalue weighted by Crippen LogP contribution is 2.28. The van der Waals surface area contributed by atoms with Gasteiger partial charge in [0.1, 0.15) is 11.4 Å². The van der Waals surface area contributed by atoms with Crippen molar-refractivity contribution < 1.29 is 4.74 Å². The summed E-state index contributed by atoms with van der Waals surface area (Å²) in [5.41, 5.74) is 4.50. The first-order chi connectivity index (χ1) is 14.2. The number of nitrogens with one attached hydrogen (secondary N) is 1. The van der Waals surface area contributed by atoms with Gasteiger partial charge in [0.05, 0.1) is 19.3 Å². The highest BCUT2D eigenvalue weighted by Gasteiger charge is 2.26. The lowest BCUT2D eigenvalue weighted by Crippen LogP contribution is -2.40. The number of guanidine groups is 1. The lowest BCUT2D eigenvalue weighted by molar-refractivity contribution is 0.414. The second-order valence-corrected chi connectivity index (χ2v) is 7.50. The van der Waals surface area contributed by atoms with Crippen LogP contribution in [0.5, 0.6) is 5.75 Å². The molecule has 1 unspecified atom stereocenters. The van der Waals surface area contributed by atoms with Crippen molar-refractivity contribution in [1.82, 2.24) is 19.6 Å². The van der Waals surface area contributed by atoms with Crippen molar-refractivity contribution >= 4 is 35.6 Å². The van der Waals surface area contributed by atoms with Crippen molar-refractivity contribution in [2.24, 2.45) is 4.99 Å². The predicted molar refractivity (Wildman–Crippen MR) is 132 cm³/mol. The smallest absolute Gasteiger partial charge is 0.194 e. The molecule has 2 aromatic heterocycles. The summed E-state index contributed by atoms with van der Waals surface area (Å²) in [5.74, 6) is 2.39. The fourth-order valence-electron chi connectivity index (χ4n) is 3.96. The van der Waals surface area contributed by atoms with Gasteiger partial charge in [0.25, 0.3) is 0 Å². The van der Waals surface area contributed by atoms with Crippen LogP contribution in [0.25, 0.3) is 5.65 Å². The first kappa shape index (κ1) is 22.4. The minimum absolute atomic E-state index is 0. The Morgan fingerprint density at radius 3 is 2.73 bits per heavy atom. The lowest BCUT2D eigenvalue weighted by atomic mass is 9.98. The number of methoxy groups -OCH3 is 1. The van der Waals surface area contributed by atoms with Crippen molar-refractivity contribution in [3.05, 3.63) is 65.6 Å². The molecular formula is C23H30IN5O. The molecule has 0 aliphatic carbocycles. The quantitative estimate of drug-likeness (QED) is 0.312. The molecule has 1 aliphatic rings. The number of aliphatic imine (C=N–C) groups is 1. The summed E-state index contributed by atoms with van der Waals surface area (Å²) in [6.07, 6.45) is 3.21. The number of hydrogen-bond acceptors (Lipinski definition) is 3. The molecule has 3 heterocycles. The van der Waals surface area contributed by atoms with Gasteiger partial charge in [-0.3, -0.25) is 0 Å². The number of benzene rings is 1. The normalized spacial score (nSPS) is 16.6. The van der Waals surface area contributed by atoms with E-state index in [4.69, 9.17) is 14.7 Å². The van der Waals surface area contributed by atoms with E-state index >= 15 is 0 Å². The van der Waals surface area contributed by atoms with Crippen LogP contribution >= 0.6 is 24.0 Å². The third-order valence-corrected chi connectivity index (χ3v) is 5.55. The van der Waals surface area contributed by atoms with Gasteiger partial charge in [-0.25, -0.2) is 9.98 Å². The third kappa shape index (κ3) is 4.88. The largest absolute Gasteiger partial charge is 0.497 e. The van der Waals surface area contributed by atoms with Gasteiger partial charge >= 0.3 is 0 Å². The van der Waals surface area contributed by atoms with Crippen LogP contribution in [0.2, 0.25) is 0 Å². The fraction of sp³-hybridized carbons (Fsp3) is 0.391. The van der Waals surface area contributed by atoms with E-state index in [-0.39, 0.29) is 24.0 Å². The Labute approximate surface area is 195 Å². The summed E-state index contributed by atoms with van der Waals surface area (Å²) in [6.45, 7) is 7.62. The molecule has 3 aromatic rings. The van der Waals surface area contributed by atoms with E-state index in [2.05, 4.69) is 52.9 Å². The highest BCUT2D eigenvalue weighted by atomic mass is 127. The van der Waals surface area contributed by atoms with E-state index in [1.165, 1.54) is 11.3 Å². The molecule has 0 saturated carbocycles. The molecule has 4 rings (SSSR count).